The molecule has 2 heterocycles. The van der Waals surface area contributed by atoms with Gasteiger partial charge >= 0.3 is 0 Å². The van der Waals surface area contributed by atoms with E-state index in [1.54, 1.807) is 12.1 Å². The van der Waals surface area contributed by atoms with Crippen molar-refractivity contribution in [3.05, 3.63) is 93.1 Å². The van der Waals surface area contributed by atoms with Crippen LogP contribution in [0.1, 0.15) is 23.0 Å². The van der Waals surface area contributed by atoms with Crippen LogP contribution in [0.5, 0.6) is 0 Å². The number of carbonyl (C=O) groups is 1. The molecule has 0 aliphatic heterocycles. The standard InChI is InChI=1S/C26H18Br2N2O3/c1-2-15-13-20(28)24-21(14-15)30-26(33-24)17-5-9-19(10-6-17)29-25(31)23-12-11-22(32-23)16-3-7-18(27)8-4-16/h3-14H,2H2,1H3,(H,29,31). The van der Waals surface area contributed by atoms with E-state index in [2.05, 4.69) is 49.1 Å². The van der Waals surface area contributed by atoms with Crippen molar-refractivity contribution in [2.24, 2.45) is 0 Å². The molecule has 0 bridgehead atoms. The van der Waals surface area contributed by atoms with Crippen LogP contribution in [0.25, 0.3) is 33.9 Å². The molecule has 0 radical (unpaired) electrons. The summed E-state index contributed by atoms with van der Waals surface area (Å²) in [5.74, 6) is 1.09. The van der Waals surface area contributed by atoms with E-state index in [0.717, 1.165) is 37.6 Å². The first kappa shape index (κ1) is 21.7. The van der Waals surface area contributed by atoms with Crippen LogP contribution in [-0.4, -0.2) is 10.9 Å². The Bertz CT molecular complexity index is 1450. The van der Waals surface area contributed by atoms with Crippen molar-refractivity contribution in [1.29, 1.82) is 0 Å². The highest BCUT2D eigenvalue weighted by molar-refractivity contribution is 9.11. The Morgan fingerprint density at radius 1 is 0.909 bits per heavy atom. The maximum atomic E-state index is 12.6. The van der Waals surface area contributed by atoms with Gasteiger partial charge in [0.25, 0.3) is 5.91 Å². The fourth-order valence-corrected chi connectivity index (χ4v) is 4.33. The van der Waals surface area contributed by atoms with Gasteiger partial charge in [0.1, 0.15) is 11.3 Å². The van der Waals surface area contributed by atoms with Crippen molar-refractivity contribution in [1.82, 2.24) is 4.98 Å². The normalized spacial score (nSPS) is 11.1. The molecule has 5 aromatic rings. The van der Waals surface area contributed by atoms with Gasteiger partial charge in [0.15, 0.2) is 11.3 Å². The summed E-state index contributed by atoms with van der Waals surface area (Å²) in [5.41, 5.74) is 5.10. The molecule has 0 spiro atoms. The fraction of sp³-hybridized carbons (Fsp3) is 0.0769. The summed E-state index contributed by atoms with van der Waals surface area (Å²) >= 11 is 6.98. The number of nitrogens with one attached hydrogen (secondary N) is 1. The van der Waals surface area contributed by atoms with E-state index in [1.165, 1.54) is 5.56 Å². The Hall–Kier alpha value is -3.16. The second kappa shape index (κ2) is 9.00. The number of anilines is 1. The molecule has 0 aliphatic rings. The number of halogens is 2. The van der Waals surface area contributed by atoms with Gasteiger partial charge < -0.3 is 14.2 Å². The summed E-state index contributed by atoms with van der Waals surface area (Å²) in [4.78, 5) is 17.3. The number of nitrogens with zero attached hydrogens (tertiary/aromatic N) is 1. The van der Waals surface area contributed by atoms with Crippen LogP contribution in [-0.2, 0) is 6.42 Å². The van der Waals surface area contributed by atoms with Gasteiger partial charge in [-0.15, -0.1) is 0 Å². The van der Waals surface area contributed by atoms with Gasteiger partial charge in [-0.1, -0.05) is 35.0 Å². The Morgan fingerprint density at radius 2 is 1.64 bits per heavy atom. The van der Waals surface area contributed by atoms with Crippen LogP contribution < -0.4 is 5.32 Å². The molecule has 7 heteroatoms. The lowest BCUT2D eigenvalue weighted by Crippen LogP contribution is -2.10. The molecule has 5 nitrogen and oxygen atoms in total. The second-order valence-electron chi connectivity index (χ2n) is 7.50. The number of furan rings is 1. The number of hydrogen-bond donors (Lipinski definition) is 1. The number of fused-ring (bicyclic) bond motifs is 1. The van der Waals surface area contributed by atoms with Crippen molar-refractivity contribution < 1.29 is 13.6 Å². The summed E-state index contributed by atoms with van der Waals surface area (Å²) in [6, 6.07) is 22.6. The van der Waals surface area contributed by atoms with Gasteiger partial charge in [-0.05, 0) is 88.6 Å². The molecule has 1 N–H and O–H groups in total. The average molecular weight is 566 g/mol. The van der Waals surface area contributed by atoms with Gasteiger partial charge in [-0.3, -0.25) is 4.79 Å². The topological polar surface area (TPSA) is 68.3 Å². The highest BCUT2D eigenvalue weighted by Gasteiger charge is 2.15. The number of amides is 1. The van der Waals surface area contributed by atoms with Gasteiger partial charge in [-0.2, -0.15) is 0 Å². The van der Waals surface area contributed by atoms with E-state index in [0.29, 0.717) is 17.3 Å². The maximum Gasteiger partial charge on any atom is 0.291 e. The minimum atomic E-state index is -0.316. The van der Waals surface area contributed by atoms with Gasteiger partial charge in [-0.25, -0.2) is 4.98 Å². The molecule has 33 heavy (non-hydrogen) atoms. The van der Waals surface area contributed by atoms with Crippen molar-refractivity contribution in [2.75, 3.05) is 5.32 Å². The summed E-state index contributed by atoms with van der Waals surface area (Å²) in [6.45, 7) is 2.10. The zero-order valence-corrected chi connectivity index (χ0v) is 20.7. The monoisotopic (exact) mass is 564 g/mol. The van der Waals surface area contributed by atoms with Crippen LogP contribution >= 0.6 is 31.9 Å². The maximum absolute atomic E-state index is 12.6. The SMILES string of the molecule is CCc1cc(Br)c2oc(-c3ccc(NC(=O)c4ccc(-c5ccc(Br)cc5)o4)cc3)nc2c1. The van der Waals surface area contributed by atoms with E-state index in [4.69, 9.17) is 8.83 Å². The average Bonchev–Trinajstić information content (AvgIpc) is 3.48. The lowest BCUT2D eigenvalue weighted by atomic mass is 10.1. The minimum Gasteiger partial charge on any atom is -0.451 e. The number of oxazole rings is 1. The number of hydrogen-bond acceptors (Lipinski definition) is 4. The van der Waals surface area contributed by atoms with Gasteiger partial charge in [0.2, 0.25) is 5.89 Å². The third-order valence-electron chi connectivity index (χ3n) is 5.26. The predicted molar refractivity (Wildman–Crippen MR) is 136 cm³/mol. The van der Waals surface area contributed by atoms with Crippen LogP contribution in [0.3, 0.4) is 0 Å². The Morgan fingerprint density at radius 3 is 2.36 bits per heavy atom. The Kier molecular flexibility index (Phi) is 5.91. The smallest absolute Gasteiger partial charge is 0.291 e. The fourth-order valence-electron chi connectivity index (χ4n) is 3.49. The number of benzene rings is 3. The van der Waals surface area contributed by atoms with Crippen LogP contribution in [0.2, 0.25) is 0 Å². The summed E-state index contributed by atoms with van der Waals surface area (Å²) in [5, 5.41) is 2.86. The number of aromatic nitrogens is 1. The van der Waals surface area contributed by atoms with Gasteiger partial charge in [0.05, 0.1) is 4.47 Å². The van der Waals surface area contributed by atoms with E-state index in [1.807, 2.05) is 60.7 Å². The largest absolute Gasteiger partial charge is 0.451 e. The third-order valence-corrected chi connectivity index (χ3v) is 6.38. The van der Waals surface area contributed by atoms with Crippen molar-refractivity contribution >= 4 is 54.6 Å². The van der Waals surface area contributed by atoms with E-state index < -0.39 is 0 Å². The Labute approximate surface area is 207 Å². The third kappa shape index (κ3) is 4.51. The molecule has 2 aromatic heterocycles. The number of rotatable bonds is 5. The van der Waals surface area contributed by atoms with Gasteiger partial charge in [0, 0.05) is 21.3 Å². The molecule has 3 aromatic carbocycles. The molecular formula is C26H18Br2N2O3. The highest BCUT2D eigenvalue weighted by atomic mass is 79.9. The quantitative estimate of drug-likeness (QED) is 0.234. The minimum absolute atomic E-state index is 0.243. The Balaban J connectivity index is 1.32. The molecule has 0 atom stereocenters. The number of aryl methyl sites for hydroxylation is 1. The van der Waals surface area contributed by atoms with E-state index in [9.17, 15) is 4.79 Å². The van der Waals surface area contributed by atoms with E-state index in [-0.39, 0.29) is 11.7 Å². The molecule has 164 valence electrons. The lowest BCUT2D eigenvalue weighted by Gasteiger charge is -2.04. The van der Waals surface area contributed by atoms with Crippen LogP contribution in [0, 0.1) is 0 Å². The van der Waals surface area contributed by atoms with Crippen LogP contribution in [0.4, 0.5) is 5.69 Å². The first-order valence-electron chi connectivity index (χ1n) is 10.4. The lowest BCUT2D eigenvalue weighted by molar-refractivity contribution is 0.0997. The molecule has 0 unspecified atom stereocenters. The molecular weight excluding hydrogens is 548 g/mol. The summed E-state index contributed by atoms with van der Waals surface area (Å²) < 4.78 is 13.6. The molecule has 0 saturated carbocycles. The van der Waals surface area contributed by atoms with Crippen LogP contribution in [0.15, 0.2) is 90.6 Å². The number of carbonyl (C=O) groups excluding carboxylic acids is 1. The molecule has 0 saturated heterocycles. The molecule has 0 fully saturated rings. The zero-order chi connectivity index (χ0) is 22.9. The molecule has 0 aliphatic carbocycles. The molecule has 5 rings (SSSR count). The highest BCUT2D eigenvalue weighted by Crippen LogP contribution is 2.31. The zero-order valence-electron chi connectivity index (χ0n) is 17.6. The summed E-state index contributed by atoms with van der Waals surface area (Å²) in [7, 11) is 0. The first-order valence-corrected chi connectivity index (χ1v) is 12.0. The second-order valence-corrected chi connectivity index (χ2v) is 9.27. The first-order chi connectivity index (χ1) is 16.0. The molecule has 1 amide bonds. The van der Waals surface area contributed by atoms with Crippen molar-refractivity contribution in [3.8, 4) is 22.8 Å². The van der Waals surface area contributed by atoms with E-state index >= 15 is 0 Å². The predicted octanol–water partition coefficient (Wildman–Crippen LogP) is 8.09. The summed E-state index contributed by atoms with van der Waals surface area (Å²) in [6.07, 6.45) is 0.922. The van der Waals surface area contributed by atoms with Crippen molar-refractivity contribution in [3.63, 3.8) is 0 Å². The van der Waals surface area contributed by atoms with Crippen molar-refractivity contribution in [2.45, 2.75) is 13.3 Å².